The quantitative estimate of drug-likeness (QED) is 0.290. The summed E-state index contributed by atoms with van der Waals surface area (Å²) in [6, 6.07) is 6.89. The maximum Gasteiger partial charge on any atom is 0.339 e. The third-order valence-corrected chi connectivity index (χ3v) is 7.89. The summed E-state index contributed by atoms with van der Waals surface area (Å²) in [5.41, 5.74) is 0.971. The summed E-state index contributed by atoms with van der Waals surface area (Å²) in [6.45, 7) is 7.36. The van der Waals surface area contributed by atoms with Crippen LogP contribution in [0.3, 0.4) is 0 Å². The van der Waals surface area contributed by atoms with Crippen molar-refractivity contribution in [1.82, 2.24) is 12.9 Å². The van der Waals surface area contributed by atoms with Gasteiger partial charge in [-0.2, -0.15) is 0 Å². The third-order valence-electron chi connectivity index (χ3n) is 4.83. The number of nitrogens with zero attached hydrogens (tertiary/aromatic N) is 3. The van der Waals surface area contributed by atoms with E-state index in [1.54, 1.807) is 8.01 Å². The normalized spacial score (nSPS) is 23.5. The van der Waals surface area contributed by atoms with E-state index in [1.807, 2.05) is 61.0 Å². The molecule has 7 nitrogen and oxygen atoms in total. The van der Waals surface area contributed by atoms with Crippen LogP contribution in [0.1, 0.15) is 26.3 Å². The van der Waals surface area contributed by atoms with Gasteiger partial charge in [0.1, 0.15) is 5.91 Å². The molecular weight excluding hydrogens is 528 g/mol. The molecule has 0 bridgehead atoms. The molecule has 2 aliphatic rings. The summed E-state index contributed by atoms with van der Waals surface area (Å²) in [4.78, 5) is 29.4. The Morgan fingerprint density at radius 2 is 1.79 bits per heavy atom. The molecule has 2 aliphatic heterocycles. The maximum absolute atomic E-state index is 13.3. The molecule has 2 saturated heterocycles. The number of carbonyl (C=O) groups is 2. The lowest BCUT2D eigenvalue weighted by Gasteiger charge is -2.46. The molecule has 160 valence electrons. The summed E-state index contributed by atoms with van der Waals surface area (Å²) in [7, 11) is 0.436. The van der Waals surface area contributed by atoms with E-state index in [0.29, 0.717) is 33.4 Å². The van der Waals surface area contributed by atoms with Gasteiger partial charge in [0, 0.05) is 24.0 Å². The number of carbonyl (C=O) groups excluding carboxylic acids is 2. The fraction of sp³-hybridized carbons (Fsp3) is 0.579. The van der Waals surface area contributed by atoms with E-state index in [1.165, 1.54) is 4.90 Å². The summed E-state index contributed by atoms with van der Waals surface area (Å²) < 4.78 is 13.0. The van der Waals surface area contributed by atoms with E-state index in [0.717, 1.165) is 11.7 Å². The molecule has 2 atom stereocenters. The molecule has 10 heteroatoms. The smallest absolute Gasteiger partial charge is 0.339 e. The van der Waals surface area contributed by atoms with Crippen LogP contribution in [0.15, 0.2) is 24.3 Å². The first-order valence-corrected chi connectivity index (χ1v) is 12.2. The number of amides is 4. The Kier molecular flexibility index (Phi) is 7.65. The highest BCUT2D eigenvalue weighted by molar-refractivity contribution is 14.1. The van der Waals surface area contributed by atoms with Crippen LogP contribution in [0.2, 0.25) is 5.02 Å². The van der Waals surface area contributed by atoms with Crippen LogP contribution in [0.25, 0.3) is 0 Å². The van der Waals surface area contributed by atoms with E-state index in [2.05, 4.69) is 6.92 Å². The fourth-order valence-electron chi connectivity index (χ4n) is 3.24. The molecule has 1 aromatic carbocycles. The molecule has 2 heterocycles. The van der Waals surface area contributed by atoms with E-state index in [4.69, 9.17) is 21.1 Å². The van der Waals surface area contributed by atoms with Crippen molar-refractivity contribution in [2.45, 2.75) is 39.0 Å². The number of hydrogen-bond acceptors (Lipinski definition) is 4. The van der Waals surface area contributed by atoms with Gasteiger partial charge in [0.2, 0.25) is 0 Å². The predicted octanol–water partition coefficient (Wildman–Crippen LogP) is 4.73. The van der Waals surface area contributed by atoms with Gasteiger partial charge in [0.25, 0.3) is 0 Å². The molecule has 2 unspecified atom stereocenters. The van der Waals surface area contributed by atoms with E-state index in [9.17, 15) is 9.59 Å². The summed E-state index contributed by atoms with van der Waals surface area (Å²) in [5.74, 6) is -0.941. The van der Waals surface area contributed by atoms with Gasteiger partial charge >= 0.3 is 12.1 Å². The number of imide groups is 1. The Labute approximate surface area is 192 Å². The van der Waals surface area contributed by atoms with Gasteiger partial charge in [0.05, 0.1) is 36.1 Å². The molecule has 1 aromatic rings. The lowest BCUT2D eigenvalue weighted by molar-refractivity contribution is -0.262. The first-order chi connectivity index (χ1) is 13.7. The maximum atomic E-state index is 13.3. The van der Waals surface area contributed by atoms with Crippen LogP contribution >= 0.6 is 43.0 Å². The van der Waals surface area contributed by atoms with Gasteiger partial charge in [-0.25, -0.2) is 17.6 Å². The van der Waals surface area contributed by atoms with Crippen molar-refractivity contribution in [1.29, 1.82) is 0 Å². The second-order valence-electron chi connectivity index (χ2n) is 7.56. The minimum atomic E-state index is -0.629. The Morgan fingerprint density at radius 3 is 2.38 bits per heavy atom. The second-order valence-corrected chi connectivity index (χ2v) is 10.7. The van der Waals surface area contributed by atoms with Crippen LogP contribution in [-0.4, -0.2) is 62.6 Å². The zero-order valence-electron chi connectivity index (χ0n) is 16.7. The van der Waals surface area contributed by atoms with Gasteiger partial charge in [0.15, 0.2) is 5.79 Å². The molecule has 0 spiro atoms. The minimum absolute atomic E-state index is 0.0525. The second kappa shape index (κ2) is 9.64. The average Bonchev–Trinajstić information content (AvgIpc) is 2.69. The zero-order chi connectivity index (χ0) is 21.2. The fourth-order valence-corrected chi connectivity index (χ4v) is 5.58. The van der Waals surface area contributed by atoms with E-state index in [-0.39, 0.29) is 30.4 Å². The largest absolute Gasteiger partial charge is 0.350 e. The highest BCUT2D eigenvalue weighted by Crippen LogP contribution is 2.36. The number of urea groups is 2. The predicted molar refractivity (Wildman–Crippen MR) is 122 cm³/mol. The molecule has 0 radical (unpaired) electrons. The van der Waals surface area contributed by atoms with Crippen LogP contribution in [0.5, 0.6) is 0 Å². The van der Waals surface area contributed by atoms with Gasteiger partial charge < -0.3 is 9.47 Å². The first kappa shape index (κ1) is 23.0. The molecule has 2 fully saturated rings. The Hall–Kier alpha value is -0.670. The van der Waals surface area contributed by atoms with E-state index >= 15 is 0 Å². The summed E-state index contributed by atoms with van der Waals surface area (Å²) in [5, 5.41) is 0.651. The highest BCUT2D eigenvalue weighted by atomic mass is 127. The topological polar surface area (TPSA) is 62.3 Å². The third kappa shape index (κ3) is 5.53. The van der Waals surface area contributed by atoms with Crippen molar-refractivity contribution in [3.05, 3.63) is 34.9 Å². The number of halogens is 2. The monoisotopic (exact) mass is 553 g/mol. The van der Waals surface area contributed by atoms with Crippen LogP contribution < -0.4 is 0 Å². The van der Waals surface area contributed by atoms with Gasteiger partial charge in [-0.3, -0.25) is 4.90 Å². The molecule has 3 rings (SSSR count). The number of hydrogen-bond donors (Lipinski definition) is 0. The number of benzene rings is 1. The lowest BCUT2D eigenvalue weighted by atomic mass is 10.1. The van der Waals surface area contributed by atoms with Gasteiger partial charge in [-0.1, -0.05) is 39.2 Å². The Bertz CT molecular complexity index is 741. The van der Waals surface area contributed by atoms with Crippen molar-refractivity contribution in [2.24, 2.45) is 5.92 Å². The first-order valence-electron chi connectivity index (χ1n) is 9.54. The molecule has 0 N–H and O–H groups in total. The van der Waals surface area contributed by atoms with Crippen LogP contribution in [-0.2, 0) is 16.0 Å². The zero-order valence-corrected chi connectivity index (χ0v) is 20.6. The highest BCUT2D eigenvalue weighted by Gasteiger charge is 2.44. The van der Waals surface area contributed by atoms with Gasteiger partial charge in [-0.05, 0) is 37.7 Å². The molecule has 4 amide bonds. The average molecular weight is 554 g/mol. The van der Waals surface area contributed by atoms with Crippen molar-refractivity contribution in [2.75, 3.05) is 25.9 Å². The number of ether oxygens (including phenoxy) is 2. The standard InChI is InChI=1S/C19H26ClIN3O4P/c1-4-29-18-23(9-13-5-7-15(20)8-6-13)16(25)22(17(26)24(18)21)10-14-11-27-19(2,3)28-12-14/h5-8,14,18,29H,4,9-12H2,1-3H3. The molecule has 0 aromatic heterocycles. The van der Waals surface area contributed by atoms with E-state index < -0.39 is 5.79 Å². The SMILES string of the molecule is CCPC1N(I)C(=O)N(CC2COC(C)(C)OC2)C(=O)N1Cc1ccc(Cl)cc1. The molecule has 29 heavy (non-hydrogen) atoms. The Morgan fingerprint density at radius 1 is 1.17 bits per heavy atom. The van der Waals surface area contributed by atoms with Crippen LogP contribution in [0, 0.1) is 5.92 Å². The van der Waals surface area contributed by atoms with Crippen molar-refractivity contribution in [3.8, 4) is 0 Å². The minimum Gasteiger partial charge on any atom is -0.350 e. The molecule has 0 aliphatic carbocycles. The van der Waals surface area contributed by atoms with Crippen LogP contribution in [0.4, 0.5) is 9.59 Å². The molecular formula is C19H26ClIN3O4P. The summed E-state index contributed by atoms with van der Waals surface area (Å²) >= 11 is 8.02. The lowest BCUT2D eigenvalue weighted by Crippen LogP contribution is -2.63. The molecule has 0 saturated carbocycles. The summed E-state index contributed by atoms with van der Waals surface area (Å²) in [6.07, 6.45) is 0.890. The van der Waals surface area contributed by atoms with Crippen molar-refractivity contribution in [3.63, 3.8) is 0 Å². The Balaban J connectivity index is 1.78. The van der Waals surface area contributed by atoms with Gasteiger partial charge in [-0.15, -0.1) is 0 Å². The number of rotatable bonds is 6. The van der Waals surface area contributed by atoms with Crippen molar-refractivity contribution >= 4 is 55.1 Å². The van der Waals surface area contributed by atoms with Crippen molar-refractivity contribution < 1.29 is 19.1 Å².